The van der Waals surface area contributed by atoms with Gasteiger partial charge < -0.3 is 15.1 Å². The van der Waals surface area contributed by atoms with E-state index in [1.54, 1.807) is 0 Å². The summed E-state index contributed by atoms with van der Waals surface area (Å²) in [6.45, 7) is 15.5. The van der Waals surface area contributed by atoms with Crippen molar-refractivity contribution < 1.29 is 0 Å². The Hall–Kier alpha value is -2.11. The van der Waals surface area contributed by atoms with Gasteiger partial charge in [-0.15, -0.1) is 11.8 Å². The largest absolute Gasteiger partial charge is 0.375 e. The molecule has 0 saturated carbocycles. The van der Waals surface area contributed by atoms with Crippen LogP contribution in [-0.2, 0) is 0 Å². The van der Waals surface area contributed by atoms with Crippen LogP contribution in [0.15, 0.2) is 70.2 Å². The van der Waals surface area contributed by atoms with Crippen LogP contribution >= 0.6 is 11.8 Å². The van der Waals surface area contributed by atoms with Gasteiger partial charge in [-0.3, -0.25) is 4.90 Å². The Balaban J connectivity index is 1.43. The van der Waals surface area contributed by atoms with Crippen molar-refractivity contribution in [3.05, 3.63) is 70.9 Å². The average Bonchev–Trinajstić information content (AvgIpc) is 3.30. The van der Waals surface area contributed by atoms with E-state index in [-0.39, 0.29) is 0 Å². The first-order valence-electron chi connectivity index (χ1n) is 11.5. The number of nitrogens with zero attached hydrogens (tertiary/aromatic N) is 3. The molecule has 1 atom stereocenters. The van der Waals surface area contributed by atoms with Gasteiger partial charge in [0.1, 0.15) is 0 Å². The Kier molecular flexibility index (Phi) is 6.83. The van der Waals surface area contributed by atoms with Crippen LogP contribution in [0, 0.1) is 0 Å². The summed E-state index contributed by atoms with van der Waals surface area (Å²) in [5, 5.41) is 3.49. The number of rotatable bonds is 5. The number of anilines is 1. The van der Waals surface area contributed by atoms with Gasteiger partial charge in [0.15, 0.2) is 0 Å². The summed E-state index contributed by atoms with van der Waals surface area (Å²) in [6, 6.07) is 7.38. The molecule has 0 aromatic heterocycles. The zero-order valence-corrected chi connectivity index (χ0v) is 20.4. The predicted molar refractivity (Wildman–Crippen MR) is 134 cm³/mol. The lowest BCUT2D eigenvalue weighted by Gasteiger charge is -2.41. The fourth-order valence-electron chi connectivity index (χ4n) is 4.52. The number of hydrogen-bond acceptors (Lipinski definition) is 5. The van der Waals surface area contributed by atoms with Crippen molar-refractivity contribution in [2.45, 2.75) is 52.0 Å². The van der Waals surface area contributed by atoms with Crippen molar-refractivity contribution >= 4 is 17.4 Å². The maximum absolute atomic E-state index is 3.49. The smallest absolute Gasteiger partial charge is 0.0658 e. The molecule has 5 heteroatoms. The number of benzene rings is 1. The lowest BCUT2D eigenvalue weighted by molar-refractivity contribution is 0.124. The number of fused-ring (bicyclic) bond motifs is 1. The van der Waals surface area contributed by atoms with E-state index >= 15 is 0 Å². The maximum atomic E-state index is 3.49. The van der Waals surface area contributed by atoms with Gasteiger partial charge in [-0.05, 0) is 64.0 Å². The molecule has 1 unspecified atom stereocenters. The van der Waals surface area contributed by atoms with Crippen LogP contribution < -0.4 is 5.32 Å². The van der Waals surface area contributed by atoms with Gasteiger partial charge in [0, 0.05) is 60.4 Å². The number of piperazine rings is 1. The van der Waals surface area contributed by atoms with E-state index in [9.17, 15) is 0 Å². The van der Waals surface area contributed by atoms with E-state index in [4.69, 9.17) is 0 Å². The summed E-state index contributed by atoms with van der Waals surface area (Å²) in [6.07, 6.45) is 10.1. The molecule has 1 aromatic rings. The van der Waals surface area contributed by atoms with Crippen LogP contribution in [0.3, 0.4) is 0 Å². The summed E-state index contributed by atoms with van der Waals surface area (Å²) in [7, 11) is 0. The first-order valence-corrected chi connectivity index (χ1v) is 12.5. The maximum Gasteiger partial charge on any atom is 0.0658 e. The molecule has 31 heavy (non-hydrogen) atoms. The molecule has 0 aliphatic carbocycles. The topological polar surface area (TPSA) is 21.8 Å². The minimum absolute atomic E-state index is 0.444. The van der Waals surface area contributed by atoms with E-state index < -0.39 is 0 Å². The van der Waals surface area contributed by atoms with Gasteiger partial charge in [0.2, 0.25) is 0 Å². The van der Waals surface area contributed by atoms with Crippen LogP contribution in [0.25, 0.3) is 0 Å². The van der Waals surface area contributed by atoms with Crippen molar-refractivity contribution in [2.75, 3.05) is 37.4 Å². The Morgan fingerprint density at radius 3 is 2.65 bits per heavy atom. The molecule has 166 valence electrons. The first-order chi connectivity index (χ1) is 15.0. The molecule has 1 aromatic carbocycles. The molecule has 3 aliphatic rings. The van der Waals surface area contributed by atoms with Crippen molar-refractivity contribution in [3.63, 3.8) is 0 Å². The van der Waals surface area contributed by atoms with Gasteiger partial charge in [-0.1, -0.05) is 24.6 Å². The third-order valence-corrected chi connectivity index (χ3v) is 7.93. The second-order valence-electron chi connectivity index (χ2n) is 8.61. The van der Waals surface area contributed by atoms with Crippen LogP contribution in [0.2, 0.25) is 0 Å². The minimum atomic E-state index is 0.444. The van der Waals surface area contributed by atoms with Crippen LogP contribution in [0.5, 0.6) is 0 Å². The SMILES string of the molecule is C/C=C1/C=CC(N2CCN(C(C)c3ccc4c(c3)NCS4)CC2)=CN1/C(C)=C(\C)CC. The third-order valence-electron chi connectivity index (χ3n) is 6.97. The van der Waals surface area contributed by atoms with Crippen molar-refractivity contribution in [1.29, 1.82) is 0 Å². The summed E-state index contributed by atoms with van der Waals surface area (Å²) in [5.74, 6) is 0.993. The zero-order chi connectivity index (χ0) is 22.0. The van der Waals surface area contributed by atoms with E-state index in [0.29, 0.717) is 6.04 Å². The normalized spacial score (nSPS) is 22.2. The second-order valence-corrected chi connectivity index (χ2v) is 9.63. The zero-order valence-electron chi connectivity index (χ0n) is 19.6. The standard InChI is InChI=1S/C26H36N4S/c1-6-19(3)20(4)30-17-24(10-9-23(30)7-2)29-14-12-28(13-15-29)21(5)22-8-11-26-25(16-22)27-18-31-26/h7-11,16-17,21,27H,6,12-15,18H2,1-5H3/b20-19+,23-7-. The number of thioether (sulfide) groups is 1. The van der Waals surface area contributed by atoms with Crippen LogP contribution in [0.4, 0.5) is 5.69 Å². The monoisotopic (exact) mass is 436 g/mol. The Morgan fingerprint density at radius 2 is 1.94 bits per heavy atom. The Morgan fingerprint density at radius 1 is 1.16 bits per heavy atom. The van der Waals surface area contributed by atoms with Crippen LogP contribution in [-0.4, -0.2) is 46.8 Å². The summed E-state index contributed by atoms with van der Waals surface area (Å²) < 4.78 is 0. The van der Waals surface area contributed by atoms with Gasteiger partial charge in [0.05, 0.1) is 11.6 Å². The van der Waals surface area contributed by atoms with Gasteiger partial charge in [0.25, 0.3) is 0 Å². The predicted octanol–water partition coefficient (Wildman–Crippen LogP) is 6.16. The molecule has 1 saturated heterocycles. The highest BCUT2D eigenvalue weighted by molar-refractivity contribution is 7.99. The number of nitrogens with one attached hydrogen (secondary N) is 1. The van der Waals surface area contributed by atoms with Gasteiger partial charge in [-0.2, -0.15) is 0 Å². The molecule has 4 nitrogen and oxygen atoms in total. The minimum Gasteiger partial charge on any atom is -0.375 e. The number of allylic oxidation sites excluding steroid dienone is 5. The number of hydrogen-bond donors (Lipinski definition) is 1. The summed E-state index contributed by atoms with van der Waals surface area (Å²) in [4.78, 5) is 8.90. The molecule has 0 amide bonds. The molecule has 3 heterocycles. The molecule has 0 spiro atoms. The second kappa shape index (κ2) is 9.58. The lowest BCUT2D eigenvalue weighted by atomic mass is 10.0. The van der Waals surface area contributed by atoms with E-state index in [2.05, 4.69) is 97.3 Å². The average molecular weight is 437 g/mol. The lowest BCUT2D eigenvalue weighted by Crippen LogP contribution is -2.46. The Labute approximate surface area is 192 Å². The highest BCUT2D eigenvalue weighted by Crippen LogP contribution is 2.36. The van der Waals surface area contributed by atoms with E-state index in [1.165, 1.54) is 38.8 Å². The molecule has 3 aliphatic heterocycles. The first kappa shape index (κ1) is 22.1. The summed E-state index contributed by atoms with van der Waals surface area (Å²) >= 11 is 1.89. The molecule has 1 N–H and O–H groups in total. The van der Waals surface area contributed by atoms with Gasteiger partial charge >= 0.3 is 0 Å². The van der Waals surface area contributed by atoms with Crippen LogP contribution in [0.1, 0.15) is 52.6 Å². The van der Waals surface area contributed by atoms with E-state index in [1.807, 2.05) is 11.8 Å². The Bertz CT molecular complexity index is 935. The van der Waals surface area contributed by atoms with Crippen molar-refractivity contribution in [1.82, 2.24) is 14.7 Å². The molecule has 0 radical (unpaired) electrons. The molecular formula is C26H36N4S. The van der Waals surface area contributed by atoms with E-state index in [0.717, 1.165) is 38.5 Å². The molecule has 4 rings (SSSR count). The van der Waals surface area contributed by atoms with Gasteiger partial charge in [-0.25, -0.2) is 0 Å². The van der Waals surface area contributed by atoms with Crippen molar-refractivity contribution in [2.24, 2.45) is 0 Å². The molecular weight excluding hydrogens is 400 g/mol. The highest BCUT2D eigenvalue weighted by Gasteiger charge is 2.25. The molecule has 0 bridgehead atoms. The fraction of sp³-hybridized carbons (Fsp3) is 0.462. The molecule has 1 fully saturated rings. The third kappa shape index (κ3) is 4.58. The van der Waals surface area contributed by atoms with Crippen molar-refractivity contribution in [3.8, 4) is 0 Å². The summed E-state index contributed by atoms with van der Waals surface area (Å²) in [5.41, 5.74) is 8.07. The highest BCUT2D eigenvalue weighted by atomic mass is 32.2. The fourth-order valence-corrected chi connectivity index (χ4v) is 5.35. The quantitative estimate of drug-likeness (QED) is 0.595.